The Bertz CT molecular complexity index is 943. The van der Waals surface area contributed by atoms with Gasteiger partial charge in [-0.1, -0.05) is 13.8 Å². The zero-order chi connectivity index (χ0) is 20.5. The summed E-state index contributed by atoms with van der Waals surface area (Å²) in [5, 5.41) is 6.71. The highest BCUT2D eigenvalue weighted by Crippen LogP contribution is 2.27. The van der Waals surface area contributed by atoms with Gasteiger partial charge in [0.25, 0.3) is 0 Å². The van der Waals surface area contributed by atoms with Crippen LogP contribution in [0.1, 0.15) is 38.7 Å². The first kappa shape index (κ1) is 19.4. The molecule has 2 saturated heterocycles. The molecule has 0 atom stereocenters. The second-order valence-corrected chi connectivity index (χ2v) is 8.28. The van der Waals surface area contributed by atoms with E-state index in [1.165, 1.54) is 5.56 Å². The Kier molecular flexibility index (Phi) is 5.25. The number of hydrogen-bond acceptors (Lipinski definition) is 4. The van der Waals surface area contributed by atoms with Crippen LogP contribution in [0.5, 0.6) is 0 Å². The van der Waals surface area contributed by atoms with E-state index in [0.29, 0.717) is 18.2 Å². The van der Waals surface area contributed by atoms with E-state index in [1.54, 1.807) is 15.6 Å². The Hall–Kier alpha value is -2.90. The lowest BCUT2D eigenvalue weighted by atomic mass is 9.90. The Morgan fingerprint density at radius 1 is 1.24 bits per heavy atom. The molecule has 2 fully saturated rings. The maximum absolute atomic E-state index is 12.2. The van der Waals surface area contributed by atoms with Gasteiger partial charge in [0, 0.05) is 38.2 Å². The van der Waals surface area contributed by atoms with E-state index < -0.39 is 6.03 Å². The highest BCUT2D eigenvalue weighted by atomic mass is 16.2. The van der Waals surface area contributed by atoms with E-state index in [0.717, 1.165) is 37.9 Å². The van der Waals surface area contributed by atoms with Crippen molar-refractivity contribution < 1.29 is 14.4 Å². The number of nitrogens with zero attached hydrogens (tertiary/aromatic N) is 4. The van der Waals surface area contributed by atoms with E-state index in [-0.39, 0.29) is 24.2 Å². The van der Waals surface area contributed by atoms with Gasteiger partial charge in [-0.05, 0) is 42.9 Å². The normalized spacial score (nSPS) is 18.6. The molecule has 29 heavy (non-hydrogen) atoms. The van der Waals surface area contributed by atoms with E-state index in [9.17, 15) is 14.4 Å². The van der Waals surface area contributed by atoms with Gasteiger partial charge in [0.15, 0.2) is 0 Å². The standard InChI is InChI=1S/C21H27N5O3/c1-14(2)20(28)24-7-3-15(4-8-24)11-16-5-10-26-17(12-16)18(13-22-26)25-9-6-19(27)23-21(25)29/h5,10,12-15H,3-4,6-9,11H2,1-2H3,(H,23,27,29). The van der Waals surface area contributed by atoms with Gasteiger partial charge in [0.05, 0.1) is 17.4 Å². The number of amides is 4. The molecule has 0 spiro atoms. The Morgan fingerprint density at radius 2 is 2.00 bits per heavy atom. The third-order valence-corrected chi connectivity index (χ3v) is 5.85. The topological polar surface area (TPSA) is 87.0 Å². The number of carbonyl (C=O) groups excluding carboxylic acids is 3. The highest BCUT2D eigenvalue weighted by molar-refractivity contribution is 6.07. The lowest BCUT2D eigenvalue weighted by molar-refractivity contribution is -0.135. The predicted molar refractivity (Wildman–Crippen MR) is 109 cm³/mol. The molecule has 2 aliphatic rings. The van der Waals surface area contributed by atoms with Crippen LogP contribution in [0.15, 0.2) is 24.5 Å². The van der Waals surface area contributed by atoms with Gasteiger partial charge < -0.3 is 4.90 Å². The summed E-state index contributed by atoms with van der Waals surface area (Å²) in [6.45, 7) is 5.91. The number of anilines is 1. The molecule has 0 aliphatic carbocycles. The average molecular weight is 397 g/mol. The third-order valence-electron chi connectivity index (χ3n) is 5.85. The Morgan fingerprint density at radius 3 is 2.69 bits per heavy atom. The number of aromatic nitrogens is 2. The minimum Gasteiger partial charge on any atom is -0.342 e. The SMILES string of the molecule is CC(C)C(=O)N1CCC(Cc2ccn3ncc(N4CCC(=O)NC4=O)c3c2)CC1. The third kappa shape index (κ3) is 3.97. The first-order valence-corrected chi connectivity index (χ1v) is 10.3. The fraction of sp³-hybridized carbons (Fsp3) is 0.524. The molecule has 2 aromatic rings. The van der Waals surface area contributed by atoms with Gasteiger partial charge in [-0.25, -0.2) is 9.31 Å². The quantitative estimate of drug-likeness (QED) is 0.857. The molecule has 4 rings (SSSR count). The van der Waals surface area contributed by atoms with Crippen LogP contribution >= 0.6 is 0 Å². The number of carbonyl (C=O) groups is 3. The number of fused-ring (bicyclic) bond motifs is 1. The monoisotopic (exact) mass is 397 g/mol. The molecule has 0 saturated carbocycles. The van der Waals surface area contributed by atoms with E-state index in [1.807, 2.05) is 24.9 Å². The predicted octanol–water partition coefficient (Wildman–Crippen LogP) is 2.22. The van der Waals surface area contributed by atoms with Crippen LogP contribution < -0.4 is 10.2 Å². The molecule has 0 radical (unpaired) electrons. The number of pyridine rings is 1. The summed E-state index contributed by atoms with van der Waals surface area (Å²) in [6.07, 6.45) is 6.83. The molecular formula is C21H27N5O3. The zero-order valence-corrected chi connectivity index (χ0v) is 16.9. The summed E-state index contributed by atoms with van der Waals surface area (Å²) < 4.78 is 1.76. The lowest BCUT2D eigenvalue weighted by Gasteiger charge is -2.33. The summed E-state index contributed by atoms with van der Waals surface area (Å²) in [5.74, 6) is 0.588. The van der Waals surface area contributed by atoms with Crippen molar-refractivity contribution in [3.8, 4) is 0 Å². The first-order chi connectivity index (χ1) is 13.9. The maximum atomic E-state index is 12.2. The first-order valence-electron chi connectivity index (χ1n) is 10.3. The van der Waals surface area contributed by atoms with Gasteiger partial charge in [0.2, 0.25) is 11.8 Å². The molecule has 0 aromatic carbocycles. The average Bonchev–Trinajstić information content (AvgIpc) is 3.11. The minimum absolute atomic E-state index is 0.0523. The molecule has 2 aromatic heterocycles. The summed E-state index contributed by atoms with van der Waals surface area (Å²) >= 11 is 0. The number of piperidine rings is 1. The van der Waals surface area contributed by atoms with Crippen molar-refractivity contribution in [1.82, 2.24) is 19.8 Å². The van der Waals surface area contributed by atoms with Gasteiger partial charge in [-0.15, -0.1) is 0 Å². The van der Waals surface area contributed by atoms with Crippen LogP contribution in [0.4, 0.5) is 10.5 Å². The molecule has 8 heteroatoms. The zero-order valence-electron chi connectivity index (χ0n) is 16.9. The molecule has 4 amide bonds. The maximum Gasteiger partial charge on any atom is 0.328 e. The van der Waals surface area contributed by atoms with Crippen LogP contribution in [-0.2, 0) is 16.0 Å². The summed E-state index contributed by atoms with van der Waals surface area (Å²) in [7, 11) is 0. The Balaban J connectivity index is 1.46. The Labute approximate surface area is 169 Å². The number of rotatable bonds is 4. The molecule has 2 aliphatic heterocycles. The van der Waals surface area contributed by atoms with Gasteiger partial charge in [0.1, 0.15) is 0 Å². The van der Waals surface area contributed by atoms with E-state index in [4.69, 9.17) is 0 Å². The fourth-order valence-electron chi connectivity index (χ4n) is 4.20. The van der Waals surface area contributed by atoms with Crippen molar-refractivity contribution >= 4 is 29.0 Å². The summed E-state index contributed by atoms with van der Waals surface area (Å²) in [5.41, 5.74) is 2.77. The van der Waals surface area contributed by atoms with Gasteiger partial charge in [-0.2, -0.15) is 5.10 Å². The second kappa shape index (κ2) is 7.85. The minimum atomic E-state index is -0.399. The van der Waals surface area contributed by atoms with Crippen molar-refractivity contribution in [2.75, 3.05) is 24.5 Å². The summed E-state index contributed by atoms with van der Waals surface area (Å²) in [4.78, 5) is 39.4. The molecular weight excluding hydrogens is 370 g/mol. The molecule has 0 bridgehead atoms. The van der Waals surface area contributed by atoms with Crippen molar-refractivity contribution in [2.45, 2.75) is 39.5 Å². The molecule has 4 heterocycles. The second-order valence-electron chi connectivity index (χ2n) is 8.28. The largest absolute Gasteiger partial charge is 0.342 e. The number of hydrogen-bond donors (Lipinski definition) is 1. The molecule has 1 N–H and O–H groups in total. The summed E-state index contributed by atoms with van der Waals surface area (Å²) in [6, 6.07) is 3.75. The van der Waals surface area contributed by atoms with Crippen molar-refractivity contribution in [3.05, 3.63) is 30.1 Å². The molecule has 8 nitrogen and oxygen atoms in total. The lowest BCUT2D eigenvalue weighted by Crippen LogP contribution is -2.49. The van der Waals surface area contributed by atoms with Crippen molar-refractivity contribution in [2.24, 2.45) is 11.8 Å². The number of likely N-dealkylation sites (tertiary alicyclic amines) is 1. The van der Waals surface area contributed by atoms with Crippen LogP contribution in [0, 0.1) is 11.8 Å². The van der Waals surface area contributed by atoms with E-state index in [2.05, 4.69) is 22.5 Å². The van der Waals surface area contributed by atoms with Crippen LogP contribution in [-0.4, -0.2) is 52.0 Å². The fourth-order valence-corrected chi connectivity index (χ4v) is 4.20. The van der Waals surface area contributed by atoms with Gasteiger partial charge >= 0.3 is 6.03 Å². The van der Waals surface area contributed by atoms with Gasteiger partial charge in [-0.3, -0.25) is 19.8 Å². The smallest absolute Gasteiger partial charge is 0.328 e. The van der Waals surface area contributed by atoms with Crippen LogP contribution in [0.2, 0.25) is 0 Å². The number of nitrogens with one attached hydrogen (secondary N) is 1. The van der Waals surface area contributed by atoms with Crippen molar-refractivity contribution in [1.29, 1.82) is 0 Å². The van der Waals surface area contributed by atoms with Crippen LogP contribution in [0.25, 0.3) is 5.52 Å². The number of imide groups is 1. The van der Waals surface area contributed by atoms with Crippen molar-refractivity contribution in [3.63, 3.8) is 0 Å². The highest BCUT2D eigenvalue weighted by Gasteiger charge is 2.27. The van der Waals surface area contributed by atoms with E-state index >= 15 is 0 Å². The molecule has 0 unspecified atom stereocenters. The van der Waals surface area contributed by atoms with Crippen LogP contribution in [0.3, 0.4) is 0 Å². The molecule has 154 valence electrons. The number of urea groups is 1.